The van der Waals surface area contributed by atoms with Crippen LogP contribution in [0.2, 0.25) is 0 Å². The summed E-state index contributed by atoms with van der Waals surface area (Å²) in [5.74, 6) is -0.147. The number of nitrogens with one attached hydrogen (secondary N) is 2. The van der Waals surface area contributed by atoms with E-state index in [2.05, 4.69) is 10.3 Å². The summed E-state index contributed by atoms with van der Waals surface area (Å²) in [7, 11) is 0. The summed E-state index contributed by atoms with van der Waals surface area (Å²) in [6.07, 6.45) is 3.09. The van der Waals surface area contributed by atoms with E-state index in [9.17, 15) is 9.90 Å². The zero-order valence-electron chi connectivity index (χ0n) is 11.2. The number of amides is 1. The van der Waals surface area contributed by atoms with Crippen molar-refractivity contribution in [1.29, 1.82) is 0 Å². The quantitative estimate of drug-likeness (QED) is 0.793. The average Bonchev–Trinajstić information content (AvgIpc) is 2.96. The van der Waals surface area contributed by atoms with E-state index in [4.69, 9.17) is 4.74 Å². The fraction of sp³-hybridized carbons (Fsp3) is 0.400. The maximum atomic E-state index is 12.5. The summed E-state index contributed by atoms with van der Waals surface area (Å²) in [4.78, 5) is 15.6. The number of hydrogen-bond donors (Lipinski definition) is 3. The molecule has 1 aromatic carbocycles. The lowest BCUT2D eigenvalue weighted by Crippen LogP contribution is -2.54. The molecule has 0 bridgehead atoms. The van der Waals surface area contributed by atoms with Crippen LogP contribution in [0, 0.1) is 0 Å². The molecule has 3 N–H and O–H groups in total. The number of aromatic nitrogens is 1. The Hall–Kier alpha value is -1.85. The van der Waals surface area contributed by atoms with Gasteiger partial charge in [-0.3, -0.25) is 4.79 Å². The maximum absolute atomic E-state index is 12.5. The van der Waals surface area contributed by atoms with Gasteiger partial charge in [0.1, 0.15) is 0 Å². The van der Waals surface area contributed by atoms with Crippen molar-refractivity contribution in [3.05, 3.63) is 36.0 Å². The highest BCUT2D eigenvalue weighted by Gasteiger charge is 2.34. The van der Waals surface area contributed by atoms with E-state index in [-0.39, 0.29) is 12.5 Å². The van der Waals surface area contributed by atoms with Crippen LogP contribution < -0.4 is 5.32 Å². The van der Waals surface area contributed by atoms with E-state index >= 15 is 0 Å². The first-order valence-electron chi connectivity index (χ1n) is 6.81. The Balaban J connectivity index is 1.87. The highest BCUT2D eigenvalue weighted by molar-refractivity contribution is 6.06. The molecule has 0 radical (unpaired) electrons. The third-order valence-corrected chi connectivity index (χ3v) is 3.97. The van der Waals surface area contributed by atoms with Crippen molar-refractivity contribution in [3.63, 3.8) is 0 Å². The second kappa shape index (κ2) is 5.26. The molecular formula is C15H18N2O3. The highest BCUT2D eigenvalue weighted by Crippen LogP contribution is 2.23. The Morgan fingerprint density at radius 1 is 1.35 bits per heavy atom. The van der Waals surface area contributed by atoms with E-state index in [0.29, 0.717) is 31.6 Å². The Kier molecular flexibility index (Phi) is 3.46. The molecule has 5 nitrogen and oxygen atoms in total. The predicted octanol–water partition coefficient (Wildman–Crippen LogP) is 1.44. The third-order valence-electron chi connectivity index (χ3n) is 3.97. The van der Waals surface area contributed by atoms with Gasteiger partial charge in [-0.15, -0.1) is 0 Å². The molecule has 1 saturated heterocycles. The number of benzene rings is 1. The normalized spacial score (nSPS) is 18.1. The first kappa shape index (κ1) is 13.1. The number of carbonyl (C=O) groups is 1. The van der Waals surface area contributed by atoms with Crippen molar-refractivity contribution in [2.75, 3.05) is 19.8 Å². The number of aromatic amines is 1. The van der Waals surface area contributed by atoms with Gasteiger partial charge in [0.05, 0.1) is 12.1 Å². The molecule has 2 aromatic rings. The molecular weight excluding hydrogens is 256 g/mol. The summed E-state index contributed by atoms with van der Waals surface area (Å²) in [6, 6.07) is 7.47. The predicted molar refractivity (Wildman–Crippen MR) is 75.6 cm³/mol. The van der Waals surface area contributed by atoms with Crippen LogP contribution in [0.25, 0.3) is 10.9 Å². The number of H-pyrrole nitrogens is 1. The van der Waals surface area contributed by atoms with E-state index in [0.717, 1.165) is 10.9 Å². The minimum absolute atomic E-state index is 0.0643. The van der Waals surface area contributed by atoms with Gasteiger partial charge in [0.25, 0.3) is 5.91 Å². The molecule has 5 heteroatoms. The molecule has 0 spiro atoms. The van der Waals surface area contributed by atoms with Gasteiger partial charge in [0.15, 0.2) is 0 Å². The summed E-state index contributed by atoms with van der Waals surface area (Å²) >= 11 is 0. The standard InChI is InChI=1S/C15H18N2O3/c18-10-15(5-8-20-9-6-15)17-14(19)12-2-1-3-13-11(12)4-7-16-13/h1-4,7,16,18H,5-6,8-10H2,(H,17,19). The lowest BCUT2D eigenvalue weighted by atomic mass is 9.90. The first-order valence-corrected chi connectivity index (χ1v) is 6.81. The van der Waals surface area contributed by atoms with Crippen molar-refractivity contribution >= 4 is 16.8 Å². The molecule has 1 aliphatic rings. The van der Waals surface area contributed by atoms with Crippen molar-refractivity contribution in [2.24, 2.45) is 0 Å². The van der Waals surface area contributed by atoms with Gasteiger partial charge in [-0.2, -0.15) is 0 Å². The van der Waals surface area contributed by atoms with E-state index in [1.54, 1.807) is 6.07 Å². The van der Waals surface area contributed by atoms with Crippen molar-refractivity contribution < 1.29 is 14.6 Å². The lowest BCUT2D eigenvalue weighted by Gasteiger charge is -2.36. The summed E-state index contributed by atoms with van der Waals surface area (Å²) in [5.41, 5.74) is 0.999. The Labute approximate surface area is 116 Å². The van der Waals surface area contributed by atoms with E-state index in [1.165, 1.54) is 0 Å². The molecule has 3 rings (SSSR count). The molecule has 1 fully saturated rings. The van der Waals surface area contributed by atoms with Crippen molar-refractivity contribution in [1.82, 2.24) is 10.3 Å². The van der Waals surface area contributed by atoms with Crippen LogP contribution in [0.3, 0.4) is 0 Å². The zero-order chi connectivity index (χ0) is 14.0. The van der Waals surface area contributed by atoms with Crippen LogP contribution in [0.5, 0.6) is 0 Å². The smallest absolute Gasteiger partial charge is 0.252 e. The second-order valence-corrected chi connectivity index (χ2v) is 5.25. The molecule has 20 heavy (non-hydrogen) atoms. The van der Waals surface area contributed by atoms with Crippen molar-refractivity contribution in [2.45, 2.75) is 18.4 Å². The van der Waals surface area contributed by atoms with Crippen LogP contribution in [-0.2, 0) is 4.74 Å². The number of aliphatic hydroxyl groups is 1. The number of hydrogen-bond acceptors (Lipinski definition) is 3. The maximum Gasteiger partial charge on any atom is 0.252 e. The SMILES string of the molecule is O=C(NC1(CO)CCOCC1)c1cccc2[nH]ccc12. The van der Waals surface area contributed by atoms with Gasteiger partial charge < -0.3 is 20.1 Å². The minimum Gasteiger partial charge on any atom is -0.394 e. The summed E-state index contributed by atoms with van der Waals surface area (Å²) in [6.45, 7) is 1.07. The van der Waals surface area contributed by atoms with Gasteiger partial charge in [-0.1, -0.05) is 6.07 Å². The fourth-order valence-electron chi connectivity index (χ4n) is 2.68. The molecule has 0 aliphatic carbocycles. The van der Waals surface area contributed by atoms with Crippen molar-refractivity contribution in [3.8, 4) is 0 Å². The average molecular weight is 274 g/mol. The molecule has 106 valence electrons. The van der Waals surface area contributed by atoms with Crippen LogP contribution in [0.4, 0.5) is 0 Å². The fourth-order valence-corrected chi connectivity index (χ4v) is 2.68. The summed E-state index contributed by atoms with van der Waals surface area (Å²) < 4.78 is 5.30. The zero-order valence-corrected chi connectivity index (χ0v) is 11.2. The number of ether oxygens (including phenoxy) is 1. The van der Waals surface area contributed by atoms with E-state index in [1.807, 2.05) is 24.4 Å². The topological polar surface area (TPSA) is 74.3 Å². The molecule has 1 aliphatic heterocycles. The van der Waals surface area contributed by atoms with Gasteiger partial charge >= 0.3 is 0 Å². The van der Waals surface area contributed by atoms with Crippen LogP contribution in [0.15, 0.2) is 30.5 Å². The molecule has 1 amide bonds. The third kappa shape index (κ3) is 2.30. The van der Waals surface area contributed by atoms with Gasteiger partial charge in [-0.25, -0.2) is 0 Å². The second-order valence-electron chi connectivity index (χ2n) is 5.25. The summed E-state index contributed by atoms with van der Waals surface area (Å²) in [5, 5.41) is 13.5. The molecule has 0 saturated carbocycles. The monoisotopic (exact) mass is 274 g/mol. The largest absolute Gasteiger partial charge is 0.394 e. The lowest BCUT2D eigenvalue weighted by molar-refractivity contribution is 0.0126. The van der Waals surface area contributed by atoms with Gasteiger partial charge in [0, 0.05) is 35.9 Å². The van der Waals surface area contributed by atoms with Gasteiger partial charge in [-0.05, 0) is 31.0 Å². The van der Waals surface area contributed by atoms with E-state index < -0.39 is 5.54 Å². The molecule has 2 heterocycles. The highest BCUT2D eigenvalue weighted by atomic mass is 16.5. The van der Waals surface area contributed by atoms with Crippen LogP contribution in [0.1, 0.15) is 23.2 Å². The molecule has 0 atom stereocenters. The Morgan fingerprint density at radius 3 is 2.90 bits per heavy atom. The molecule has 0 unspecified atom stereocenters. The Bertz CT molecular complexity index is 614. The minimum atomic E-state index is -0.562. The number of fused-ring (bicyclic) bond motifs is 1. The molecule has 1 aromatic heterocycles. The van der Waals surface area contributed by atoms with Crippen LogP contribution >= 0.6 is 0 Å². The number of rotatable bonds is 3. The number of aliphatic hydroxyl groups excluding tert-OH is 1. The van der Waals surface area contributed by atoms with Gasteiger partial charge in [0.2, 0.25) is 0 Å². The van der Waals surface area contributed by atoms with Crippen LogP contribution in [-0.4, -0.2) is 41.4 Å². The number of carbonyl (C=O) groups excluding carboxylic acids is 1. The first-order chi connectivity index (χ1) is 9.74. The Morgan fingerprint density at radius 2 is 2.15 bits per heavy atom.